The molecule has 0 bridgehead atoms. The van der Waals surface area contributed by atoms with Gasteiger partial charge in [-0.25, -0.2) is 4.99 Å². The average molecular weight is 298 g/mol. The molecule has 0 saturated heterocycles. The summed E-state index contributed by atoms with van der Waals surface area (Å²) in [6.45, 7) is 2.66. The fraction of sp³-hybridized carbons (Fsp3) is 0.500. The first-order valence-electron chi connectivity index (χ1n) is 8.36. The Bertz CT molecular complexity index is 519. The second-order valence-corrected chi connectivity index (χ2v) is 6.22. The third-order valence-electron chi connectivity index (χ3n) is 4.51. The Morgan fingerprint density at radius 2 is 1.77 bits per heavy atom. The van der Waals surface area contributed by atoms with Gasteiger partial charge in [-0.3, -0.25) is 0 Å². The molecule has 2 aliphatic rings. The maximum Gasteiger partial charge on any atom is 0.189 e. The predicted octanol–water partition coefficient (Wildman–Crippen LogP) is 2.80. The van der Waals surface area contributed by atoms with Crippen LogP contribution in [0.2, 0.25) is 0 Å². The Hall–Kier alpha value is -1.97. The quantitative estimate of drug-likeness (QED) is 0.510. The van der Waals surface area contributed by atoms with E-state index in [2.05, 4.69) is 51.6 Å². The molecule has 1 heterocycles. The standard InChI is InChI=1S/C18H26N4/c19-18(21-16-6-2-1-3-7-16)20-14-15-8-10-17(11-9-15)22-12-4-5-13-22/h4-5,8-11,16H,1-3,6-7,12-14H2,(H3,19,20,21). The van der Waals surface area contributed by atoms with Crippen LogP contribution in [0.5, 0.6) is 0 Å². The third-order valence-corrected chi connectivity index (χ3v) is 4.51. The summed E-state index contributed by atoms with van der Waals surface area (Å²) in [6.07, 6.45) is 10.8. The lowest BCUT2D eigenvalue weighted by Gasteiger charge is -2.23. The van der Waals surface area contributed by atoms with E-state index >= 15 is 0 Å². The number of hydrogen-bond acceptors (Lipinski definition) is 2. The Labute approximate surface area is 133 Å². The van der Waals surface area contributed by atoms with Gasteiger partial charge in [-0.15, -0.1) is 0 Å². The van der Waals surface area contributed by atoms with Crippen LogP contribution < -0.4 is 16.0 Å². The van der Waals surface area contributed by atoms with Crippen LogP contribution in [-0.2, 0) is 6.54 Å². The van der Waals surface area contributed by atoms with Crippen LogP contribution in [0.3, 0.4) is 0 Å². The summed E-state index contributed by atoms with van der Waals surface area (Å²) in [5.74, 6) is 0.583. The van der Waals surface area contributed by atoms with Crippen molar-refractivity contribution in [1.29, 1.82) is 0 Å². The van der Waals surface area contributed by atoms with Crippen LogP contribution in [0.1, 0.15) is 37.7 Å². The van der Waals surface area contributed by atoms with E-state index in [0.717, 1.165) is 13.1 Å². The number of rotatable bonds is 4. The number of benzene rings is 1. The molecule has 22 heavy (non-hydrogen) atoms. The fourth-order valence-electron chi connectivity index (χ4n) is 3.18. The molecular weight excluding hydrogens is 272 g/mol. The van der Waals surface area contributed by atoms with Crippen molar-refractivity contribution in [1.82, 2.24) is 5.32 Å². The van der Waals surface area contributed by atoms with Gasteiger partial charge in [0.15, 0.2) is 5.96 Å². The maximum atomic E-state index is 6.00. The largest absolute Gasteiger partial charge is 0.370 e. The highest BCUT2D eigenvalue weighted by Gasteiger charge is 2.13. The normalized spacial score (nSPS) is 19.6. The lowest BCUT2D eigenvalue weighted by atomic mass is 9.96. The average Bonchev–Trinajstić information content (AvgIpc) is 3.09. The summed E-state index contributed by atoms with van der Waals surface area (Å²) in [7, 11) is 0. The smallest absolute Gasteiger partial charge is 0.189 e. The van der Waals surface area contributed by atoms with E-state index in [1.54, 1.807) is 0 Å². The van der Waals surface area contributed by atoms with Crippen molar-refractivity contribution in [2.75, 3.05) is 18.0 Å². The minimum Gasteiger partial charge on any atom is -0.370 e. The zero-order valence-electron chi connectivity index (χ0n) is 13.2. The number of anilines is 1. The molecule has 1 saturated carbocycles. The second-order valence-electron chi connectivity index (χ2n) is 6.22. The van der Waals surface area contributed by atoms with Crippen LogP contribution in [-0.4, -0.2) is 25.1 Å². The third kappa shape index (κ3) is 4.03. The van der Waals surface area contributed by atoms with E-state index in [4.69, 9.17) is 5.73 Å². The first-order valence-corrected chi connectivity index (χ1v) is 8.36. The van der Waals surface area contributed by atoms with Gasteiger partial charge in [0.05, 0.1) is 6.54 Å². The molecule has 1 aromatic rings. The number of aliphatic imine (C=N–C) groups is 1. The molecule has 1 fully saturated rings. The molecule has 1 aliphatic heterocycles. The minimum absolute atomic E-state index is 0.516. The van der Waals surface area contributed by atoms with Crippen molar-refractivity contribution in [3.05, 3.63) is 42.0 Å². The van der Waals surface area contributed by atoms with E-state index in [-0.39, 0.29) is 0 Å². The van der Waals surface area contributed by atoms with Gasteiger partial charge in [0.2, 0.25) is 0 Å². The van der Waals surface area contributed by atoms with Gasteiger partial charge in [0.25, 0.3) is 0 Å². The van der Waals surface area contributed by atoms with Crippen LogP contribution in [0.15, 0.2) is 41.4 Å². The maximum absolute atomic E-state index is 6.00. The zero-order valence-corrected chi connectivity index (χ0v) is 13.2. The molecular formula is C18H26N4. The van der Waals surface area contributed by atoms with Gasteiger partial charge in [-0.1, -0.05) is 43.5 Å². The second kappa shape index (κ2) is 7.34. The number of nitrogens with one attached hydrogen (secondary N) is 1. The van der Waals surface area contributed by atoms with E-state index in [1.807, 2.05) is 0 Å². The van der Waals surface area contributed by atoms with E-state index in [1.165, 1.54) is 43.4 Å². The first kappa shape index (κ1) is 14.9. The first-order chi connectivity index (χ1) is 10.8. The van der Waals surface area contributed by atoms with Gasteiger partial charge in [-0.05, 0) is 30.5 Å². The molecule has 1 aliphatic carbocycles. The van der Waals surface area contributed by atoms with Crippen molar-refractivity contribution in [2.24, 2.45) is 10.7 Å². The molecule has 4 heteroatoms. The molecule has 0 unspecified atom stereocenters. The molecule has 0 radical (unpaired) electrons. The molecule has 0 aromatic heterocycles. The van der Waals surface area contributed by atoms with E-state index < -0.39 is 0 Å². The van der Waals surface area contributed by atoms with Crippen molar-refractivity contribution in [2.45, 2.75) is 44.7 Å². The monoisotopic (exact) mass is 298 g/mol. The SMILES string of the molecule is NC(=NCc1ccc(N2CC=CC2)cc1)NC1CCCCC1. The summed E-state index contributed by atoms with van der Waals surface area (Å²) in [4.78, 5) is 6.81. The van der Waals surface area contributed by atoms with Gasteiger partial charge >= 0.3 is 0 Å². The topological polar surface area (TPSA) is 53.6 Å². The van der Waals surface area contributed by atoms with Gasteiger partial charge in [-0.2, -0.15) is 0 Å². The Balaban J connectivity index is 1.50. The molecule has 4 nitrogen and oxygen atoms in total. The van der Waals surface area contributed by atoms with Crippen molar-refractivity contribution >= 4 is 11.6 Å². The van der Waals surface area contributed by atoms with E-state index in [0.29, 0.717) is 18.5 Å². The van der Waals surface area contributed by atoms with Crippen LogP contribution in [0.25, 0.3) is 0 Å². The molecule has 0 spiro atoms. The summed E-state index contributed by atoms with van der Waals surface area (Å²) in [5, 5.41) is 3.36. The van der Waals surface area contributed by atoms with Gasteiger partial charge < -0.3 is 16.0 Å². The highest BCUT2D eigenvalue weighted by atomic mass is 15.1. The Kier molecular flexibility index (Phi) is 4.99. The highest BCUT2D eigenvalue weighted by Crippen LogP contribution is 2.18. The lowest BCUT2D eigenvalue weighted by molar-refractivity contribution is 0.412. The molecule has 1 aromatic carbocycles. The van der Waals surface area contributed by atoms with Crippen LogP contribution in [0.4, 0.5) is 5.69 Å². The molecule has 0 atom stereocenters. The number of guanidine groups is 1. The predicted molar refractivity (Wildman–Crippen MR) is 93.1 cm³/mol. The summed E-state index contributed by atoms with van der Waals surface area (Å²) >= 11 is 0. The van der Waals surface area contributed by atoms with Crippen LogP contribution >= 0.6 is 0 Å². The minimum atomic E-state index is 0.516. The highest BCUT2D eigenvalue weighted by molar-refractivity contribution is 5.78. The number of hydrogen-bond donors (Lipinski definition) is 2. The summed E-state index contributed by atoms with van der Waals surface area (Å²) < 4.78 is 0. The molecule has 3 N–H and O–H groups in total. The van der Waals surface area contributed by atoms with Crippen molar-refractivity contribution < 1.29 is 0 Å². The number of nitrogens with two attached hydrogens (primary N) is 1. The van der Waals surface area contributed by atoms with Crippen molar-refractivity contribution in [3.8, 4) is 0 Å². The van der Waals surface area contributed by atoms with E-state index in [9.17, 15) is 0 Å². The zero-order chi connectivity index (χ0) is 15.2. The van der Waals surface area contributed by atoms with Crippen molar-refractivity contribution in [3.63, 3.8) is 0 Å². The van der Waals surface area contributed by atoms with Gasteiger partial charge in [0, 0.05) is 24.8 Å². The lowest BCUT2D eigenvalue weighted by Crippen LogP contribution is -2.41. The summed E-state index contributed by atoms with van der Waals surface area (Å²) in [5.41, 5.74) is 8.47. The van der Waals surface area contributed by atoms with Crippen LogP contribution in [0, 0.1) is 0 Å². The summed E-state index contributed by atoms with van der Waals surface area (Å²) in [6, 6.07) is 9.14. The Morgan fingerprint density at radius 3 is 2.45 bits per heavy atom. The number of nitrogens with zero attached hydrogens (tertiary/aromatic N) is 2. The fourth-order valence-corrected chi connectivity index (χ4v) is 3.18. The van der Waals surface area contributed by atoms with Gasteiger partial charge in [0.1, 0.15) is 0 Å². The molecule has 0 amide bonds. The molecule has 3 rings (SSSR count). The molecule has 118 valence electrons. The Morgan fingerprint density at radius 1 is 1.09 bits per heavy atom.